The van der Waals surface area contributed by atoms with Crippen LogP contribution in [0.4, 0.5) is 0 Å². The minimum Gasteiger partial charge on any atom is -0.454 e. The molecule has 0 saturated heterocycles. The van der Waals surface area contributed by atoms with Crippen LogP contribution in [-0.4, -0.2) is 38.0 Å². The highest BCUT2D eigenvalue weighted by Crippen LogP contribution is 2.50. The lowest BCUT2D eigenvalue weighted by atomic mass is 9.86. The van der Waals surface area contributed by atoms with Crippen molar-refractivity contribution < 1.29 is 28.5 Å². The second-order valence-electron chi connectivity index (χ2n) is 7.20. The van der Waals surface area contributed by atoms with Gasteiger partial charge in [0.25, 0.3) is 0 Å². The monoisotopic (exact) mass is 367 g/mol. The van der Waals surface area contributed by atoms with Crippen molar-refractivity contribution >= 4 is 5.97 Å². The summed E-state index contributed by atoms with van der Waals surface area (Å²) in [5, 5.41) is 0. The fourth-order valence-corrected chi connectivity index (χ4v) is 4.41. The van der Waals surface area contributed by atoms with Crippen molar-refractivity contribution in [2.45, 2.75) is 18.6 Å². The van der Waals surface area contributed by atoms with Crippen LogP contribution in [0.3, 0.4) is 0 Å². The van der Waals surface area contributed by atoms with E-state index in [1.165, 1.54) is 5.56 Å². The molecule has 0 fully saturated rings. The molecule has 2 unspecified atom stereocenters. The number of hydrogen-bond acceptors (Lipinski definition) is 7. The summed E-state index contributed by atoms with van der Waals surface area (Å²) in [6, 6.07) is 7.58. The third-order valence-corrected chi connectivity index (χ3v) is 5.75. The van der Waals surface area contributed by atoms with Crippen LogP contribution < -0.4 is 18.9 Å². The zero-order valence-electron chi connectivity index (χ0n) is 14.7. The predicted octanol–water partition coefficient (Wildman–Crippen LogP) is 2.58. The summed E-state index contributed by atoms with van der Waals surface area (Å²) in [6.07, 6.45) is 0.500. The Morgan fingerprint density at radius 2 is 1.52 bits per heavy atom. The zero-order valence-corrected chi connectivity index (χ0v) is 14.7. The summed E-state index contributed by atoms with van der Waals surface area (Å²) in [5.41, 5.74) is 3.70. The lowest BCUT2D eigenvalue weighted by Gasteiger charge is -2.37. The highest BCUT2D eigenvalue weighted by Gasteiger charge is 2.43. The van der Waals surface area contributed by atoms with Gasteiger partial charge < -0.3 is 23.7 Å². The predicted molar refractivity (Wildman–Crippen MR) is 92.4 cm³/mol. The number of carbonyl (C=O) groups is 1. The summed E-state index contributed by atoms with van der Waals surface area (Å²) >= 11 is 0. The molecule has 0 aliphatic carbocycles. The minimum atomic E-state index is -0.411. The van der Waals surface area contributed by atoms with Crippen LogP contribution in [0, 0.1) is 0 Å². The Bertz CT molecular complexity index is 987. The Kier molecular flexibility index (Phi) is 2.97. The largest absolute Gasteiger partial charge is 0.454 e. The normalized spacial score (nSPS) is 24.6. The van der Waals surface area contributed by atoms with Crippen molar-refractivity contribution in [1.29, 1.82) is 0 Å². The number of nitrogens with zero attached hydrogens (tertiary/aromatic N) is 1. The van der Waals surface area contributed by atoms with Gasteiger partial charge in [-0.25, -0.2) is 4.79 Å². The minimum absolute atomic E-state index is 0.103. The Hall–Kier alpha value is -2.93. The highest BCUT2D eigenvalue weighted by molar-refractivity contribution is 5.95. The molecule has 0 spiro atoms. The van der Waals surface area contributed by atoms with E-state index in [9.17, 15) is 4.79 Å². The van der Waals surface area contributed by atoms with Gasteiger partial charge >= 0.3 is 5.97 Å². The number of likely N-dealkylation sites (N-methyl/N-ethyl adjacent to an activating group) is 1. The van der Waals surface area contributed by atoms with Gasteiger partial charge in [-0.05, 0) is 48.9 Å². The number of rotatable bonds is 1. The Labute approximate surface area is 155 Å². The average Bonchev–Trinajstić information content (AvgIpc) is 3.37. The lowest BCUT2D eigenvalue weighted by Crippen LogP contribution is -2.36. The fraction of sp³-hybridized carbons (Fsp3) is 0.350. The second-order valence-corrected chi connectivity index (χ2v) is 7.20. The third kappa shape index (κ3) is 2.09. The molecule has 4 aliphatic heterocycles. The fourth-order valence-electron chi connectivity index (χ4n) is 4.41. The molecule has 2 atom stereocenters. The Morgan fingerprint density at radius 3 is 2.26 bits per heavy atom. The molecule has 0 amide bonds. The van der Waals surface area contributed by atoms with E-state index in [2.05, 4.69) is 18.0 Å². The molecule has 2 aromatic carbocycles. The number of esters is 1. The van der Waals surface area contributed by atoms with E-state index < -0.39 is 6.10 Å². The van der Waals surface area contributed by atoms with Gasteiger partial charge in [-0.3, -0.25) is 4.90 Å². The van der Waals surface area contributed by atoms with E-state index in [-0.39, 0.29) is 25.6 Å². The summed E-state index contributed by atoms with van der Waals surface area (Å²) < 4.78 is 27.9. The lowest BCUT2D eigenvalue weighted by molar-refractivity contribution is 0.00934. The van der Waals surface area contributed by atoms with E-state index in [4.69, 9.17) is 23.7 Å². The smallest absolute Gasteiger partial charge is 0.339 e. The molecule has 2 aromatic rings. The van der Waals surface area contributed by atoms with Crippen molar-refractivity contribution in [3.8, 4) is 23.0 Å². The maximum absolute atomic E-state index is 12.5. The number of fused-ring (bicyclic) bond motifs is 4. The maximum atomic E-state index is 12.5. The average molecular weight is 367 g/mol. The van der Waals surface area contributed by atoms with E-state index >= 15 is 0 Å². The molecule has 7 nitrogen and oxygen atoms in total. The molecule has 6 rings (SSSR count). The van der Waals surface area contributed by atoms with Crippen LogP contribution in [-0.2, 0) is 11.2 Å². The number of carbonyl (C=O) groups excluding carboxylic acids is 1. The first-order chi connectivity index (χ1) is 13.2. The molecule has 0 bridgehead atoms. The first kappa shape index (κ1) is 15.2. The van der Waals surface area contributed by atoms with Crippen molar-refractivity contribution in [2.75, 3.05) is 27.2 Å². The van der Waals surface area contributed by atoms with Crippen LogP contribution in [0.1, 0.15) is 39.2 Å². The van der Waals surface area contributed by atoms with E-state index in [0.717, 1.165) is 35.6 Å². The third-order valence-electron chi connectivity index (χ3n) is 5.75. The van der Waals surface area contributed by atoms with E-state index in [0.29, 0.717) is 17.1 Å². The first-order valence-corrected chi connectivity index (χ1v) is 8.96. The maximum Gasteiger partial charge on any atom is 0.339 e. The van der Waals surface area contributed by atoms with Crippen LogP contribution in [0.2, 0.25) is 0 Å². The number of benzene rings is 2. The summed E-state index contributed by atoms with van der Waals surface area (Å²) in [6.45, 7) is 1.28. The Morgan fingerprint density at radius 1 is 0.889 bits per heavy atom. The Balaban J connectivity index is 1.48. The van der Waals surface area contributed by atoms with E-state index in [1.54, 1.807) is 6.07 Å². The topological polar surface area (TPSA) is 66.5 Å². The van der Waals surface area contributed by atoms with E-state index in [1.807, 2.05) is 12.1 Å². The summed E-state index contributed by atoms with van der Waals surface area (Å²) in [4.78, 5) is 14.8. The first-order valence-electron chi connectivity index (χ1n) is 8.96. The molecule has 4 aliphatic rings. The quantitative estimate of drug-likeness (QED) is 0.718. The molecular weight excluding hydrogens is 350 g/mol. The van der Waals surface area contributed by atoms with Crippen LogP contribution in [0.15, 0.2) is 24.3 Å². The SMILES string of the molecule is CN1CCc2cc3c(cc2C1C1OC(=O)c2cc4c(cc21)OCO4)OCO3. The molecule has 0 N–H and O–H groups in total. The van der Waals surface area contributed by atoms with Gasteiger partial charge in [0, 0.05) is 12.1 Å². The van der Waals surface area contributed by atoms with Crippen LogP contribution in [0.25, 0.3) is 0 Å². The highest BCUT2D eigenvalue weighted by atomic mass is 16.7. The molecular formula is C20H17NO6. The van der Waals surface area contributed by atoms with Gasteiger partial charge in [0.1, 0.15) is 6.10 Å². The van der Waals surface area contributed by atoms with Crippen LogP contribution in [0.5, 0.6) is 23.0 Å². The van der Waals surface area contributed by atoms with Crippen molar-refractivity contribution in [1.82, 2.24) is 4.90 Å². The standard InChI is InChI=1S/C20H17NO6/c1-21-3-2-10-4-14-15(24-8-23-14)5-11(10)18(21)19-12-6-16-17(26-9-25-16)7-13(12)20(22)27-19/h4-7,18-19H,2-3,8-9H2,1H3. The second kappa shape index (κ2) is 5.29. The van der Waals surface area contributed by atoms with Gasteiger partial charge in [0.15, 0.2) is 23.0 Å². The van der Waals surface area contributed by atoms with Crippen molar-refractivity contribution in [3.05, 3.63) is 46.5 Å². The zero-order chi connectivity index (χ0) is 18.1. The van der Waals surface area contributed by atoms with Gasteiger partial charge in [-0.1, -0.05) is 0 Å². The number of cyclic esters (lactones) is 1. The van der Waals surface area contributed by atoms with Gasteiger partial charge in [-0.15, -0.1) is 0 Å². The van der Waals surface area contributed by atoms with Crippen LogP contribution >= 0.6 is 0 Å². The van der Waals surface area contributed by atoms with Gasteiger partial charge in [0.2, 0.25) is 13.6 Å². The summed E-state index contributed by atoms with van der Waals surface area (Å²) in [7, 11) is 2.05. The molecule has 0 radical (unpaired) electrons. The molecule has 0 aromatic heterocycles. The number of hydrogen-bond donors (Lipinski definition) is 0. The van der Waals surface area contributed by atoms with Gasteiger partial charge in [0.05, 0.1) is 11.6 Å². The molecule has 138 valence electrons. The molecule has 4 heterocycles. The molecule has 0 saturated carbocycles. The van der Waals surface area contributed by atoms with Crippen molar-refractivity contribution in [2.24, 2.45) is 0 Å². The van der Waals surface area contributed by atoms with Crippen molar-refractivity contribution in [3.63, 3.8) is 0 Å². The summed E-state index contributed by atoms with van der Waals surface area (Å²) in [5.74, 6) is 2.44. The number of ether oxygens (including phenoxy) is 5. The molecule has 27 heavy (non-hydrogen) atoms. The molecule has 7 heteroatoms. The van der Waals surface area contributed by atoms with Gasteiger partial charge in [-0.2, -0.15) is 0 Å².